The summed E-state index contributed by atoms with van der Waals surface area (Å²) in [5.74, 6) is 0.0857. The molecule has 0 aromatic heterocycles. The maximum Gasteiger partial charge on any atom is 0.407 e. The van der Waals surface area contributed by atoms with Crippen LogP contribution in [-0.2, 0) is 4.74 Å². The summed E-state index contributed by atoms with van der Waals surface area (Å²) in [4.78, 5) is 36.8. The number of benzene rings is 1. The van der Waals surface area contributed by atoms with Crippen molar-refractivity contribution in [1.82, 2.24) is 10.2 Å². The zero-order valence-electron chi connectivity index (χ0n) is 16.3. The Morgan fingerprint density at radius 2 is 1.93 bits per heavy atom. The number of alkyl carbamates (subject to hydrolysis) is 1. The number of amides is 2. The molecular formula is C19H27N3O5. The van der Waals surface area contributed by atoms with Crippen molar-refractivity contribution in [3.63, 3.8) is 0 Å². The maximum absolute atomic E-state index is 12.7. The van der Waals surface area contributed by atoms with Gasteiger partial charge in [-0.1, -0.05) is 6.07 Å². The van der Waals surface area contributed by atoms with Crippen LogP contribution in [0.5, 0.6) is 0 Å². The van der Waals surface area contributed by atoms with Crippen LogP contribution < -0.4 is 5.32 Å². The molecule has 1 fully saturated rings. The first-order chi connectivity index (χ1) is 12.6. The van der Waals surface area contributed by atoms with Crippen molar-refractivity contribution < 1.29 is 19.2 Å². The number of piperidine rings is 1. The van der Waals surface area contributed by atoms with E-state index in [1.807, 2.05) is 20.8 Å². The van der Waals surface area contributed by atoms with Gasteiger partial charge in [0.15, 0.2) is 0 Å². The second-order valence-corrected chi connectivity index (χ2v) is 7.83. The molecule has 8 nitrogen and oxygen atoms in total. The number of nitro benzene ring substituents is 1. The van der Waals surface area contributed by atoms with Gasteiger partial charge in [-0.05, 0) is 52.5 Å². The van der Waals surface area contributed by atoms with Crippen LogP contribution in [0.3, 0.4) is 0 Å². The highest BCUT2D eigenvalue weighted by Gasteiger charge is 2.27. The first-order valence-corrected chi connectivity index (χ1v) is 9.08. The van der Waals surface area contributed by atoms with Crippen molar-refractivity contribution in [3.05, 3.63) is 39.4 Å². The van der Waals surface area contributed by atoms with E-state index in [9.17, 15) is 19.7 Å². The largest absolute Gasteiger partial charge is 0.444 e. The first-order valence-electron chi connectivity index (χ1n) is 9.08. The van der Waals surface area contributed by atoms with Gasteiger partial charge < -0.3 is 15.0 Å². The number of hydrogen-bond donors (Lipinski definition) is 1. The molecule has 0 saturated carbocycles. The summed E-state index contributed by atoms with van der Waals surface area (Å²) >= 11 is 0. The van der Waals surface area contributed by atoms with Gasteiger partial charge in [-0.3, -0.25) is 14.9 Å². The summed E-state index contributed by atoms with van der Waals surface area (Å²) < 4.78 is 5.22. The number of nitrogens with one attached hydrogen (secondary N) is 1. The Morgan fingerprint density at radius 1 is 1.30 bits per heavy atom. The van der Waals surface area contributed by atoms with E-state index in [0.29, 0.717) is 30.8 Å². The summed E-state index contributed by atoms with van der Waals surface area (Å²) in [7, 11) is 0. The summed E-state index contributed by atoms with van der Waals surface area (Å²) in [6.45, 7) is 8.66. The molecule has 1 heterocycles. The van der Waals surface area contributed by atoms with Gasteiger partial charge in [0, 0.05) is 36.8 Å². The molecule has 1 aliphatic rings. The fourth-order valence-corrected chi connectivity index (χ4v) is 3.11. The zero-order valence-corrected chi connectivity index (χ0v) is 16.3. The molecule has 1 aromatic rings. The van der Waals surface area contributed by atoms with Crippen LogP contribution in [0.4, 0.5) is 10.5 Å². The molecule has 0 radical (unpaired) electrons. The quantitative estimate of drug-likeness (QED) is 0.641. The molecule has 0 atom stereocenters. The van der Waals surface area contributed by atoms with E-state index in [-0.39, 0.29) is 17.5 Å². The van der Waals surface area contributed by atoms with E-state index in [0.717, 1.165) is 12.8 Å². The van der Waals surface area contributed by atoms with Gasteiger partial charge in [0.1, 0.15) is 5.60 Å². The van der Waals surface area contributed by atoms with Crippen LogP contribution in [0.1, 0.15) is 49.5 Å². The maximum atomic E-state index is 12.7. The lowest BCUT2D eigenvalue weighted by atomic mass is 9.95. The van der Waals surface area contributed by atoms with Gasteiger partial charge in [0.05, 0.1) is 4.92 Å². The predicted octanol–water partition coefficient (Wildman–Crippen LogP) is 3.28. The lowest BCUT2D eigenvalue weighted by Gasteiger charge is -2.32. The highest BCUT2D eigenvalue weighted by atomic mass is 16.6. The van der Waals surface area contributed by atoms with Crippen molar-refractivity contribution in [2.45, 2.75) is 46.1 Å². The van der Waals surface area contributed by atoms with Gasteiger partial charge in [-0.15, -0.1) is 0 Å². The lowest BCUT2D eigenvalue weighted by molar-refractivity contribution is -0.385. The lowest BCUT2D eigenvalue weighted by Crippen LogP contribution is -2.42. The number of nitro groups is 1. The van der Waals surface area contributed by atoms with Crippen LogP contribution >= 0.6 is 0 Å². The molecule has 0 spiro atoms. The van der Waals surface area contributed by atoms with E-state index in [4.69, 9.17) is 4.74 Å². The molecule has 27 heavy (non-hydrogen) atoms. The van der Waals surface area contributed by atoms with E-state index in [1.54, 1.807) is 17.9 Å². The minimum Gasteiger partial charge on any atom is -0.444 e. The van der Waals surface area contributed by atoms with Gasteiger partial charge in [-0.2, -0.15) is 0 Å². The summed E-state index contributed by atoms with van der Waals surface area (Å²) in [6, 6.07) is 4.57. The molecule has 1 N–H and O–H groups in total. The molecule has 1 saturated heterocycles. The van der Waals surface area contributed by atoms with Crippen molar-refractivity contribution in [2.24, 2.45) is 5.92 Å². The summed E-state index contributed by atoms with van der Waals surface area (Å²) in [6.07, 6.45) is 1.08. The molecular weight excluding hydrogens is 350 g/mol. The van der Waals surface area contributed by atoms with Gasteiger partial charge in [-0.25, -0.2) is 4.79 Å². The summed E-state index contributed by atoms with van der Waals surface area (Å²) in [5.41, 5.74) is 0.184. The van der Waals surface area contributed by atoms with Gasteiger partial charge in [0.2, 0.25) is 0 Å². The molecule has 8 heteroatoms. The van der Waals surface area contributed by atoms with E-state index in [1.165, 1.54) is 12.1 Å². The first kappa shape index (κ1) is 20.7. The van der Waals surface area contributed by atoms with Crippen LogP contribution in [-0.4, -0.2) is 47.1 Å². The van der Waals surface area contributed by atoms with E-state index < -0.39 is 16.6 Å². The monoisotopic (exact) mass is 377 g/mol. The van der Waals surface area contributed by atoms with E-state index in [2.05, 4.69) is 5.32 Å². The van der Waals surface area contributed by atoms with Gasteiger partial charge in [0.25, 0.3) is 11.6 Å². The average Bonchev–Trinajstić information content (AvgIpc) is 2.58. The standard InChI is InChI=1S/C19H27N3O5/c1-13-15(6-5-7-16(13)22(25)26)17(23)21-10-8-14(9-11-21)12-20-18(24)27-19(2,3)4/h5-7,14H,8-12H2,1-4H3,(H,20,24). The van der Waals surface area contributed by atoms with Crippen LogP contribution in [0.25, 0.3) is 0 Å². The Bertz CT molecular complexity index is 719. The van der Waals surface area contributed by atoms with Crippen LogP contribution in [0.15, 0.2) is 18.2 Å². The summed E-state index contributed by atoms with van der Waals surface area (Å²) in [5, 5.41) is 13.8. The van der Waals surface area contributed by atoms with Crippen molar-refractivity contribution in [1.29, 1.82) is 0 Å². The fraction of sp³-hybridized carbons (Fsp3) is 0.579. The predicted molar refractivity (Wildman–Crippen MR) is 101 cm³/mol. The van der Waals surface area contributed by atoms with E-state index >= 15 is 0 Å². The Kier molecular flexibility index (Phi) is 6.41. The second-order valence-electron chi connectivity index (χ2n) is 7.83. The third kappa shape index (κ3) is 5.67. The highest BCUT2D eigenvalue weighted by Crippen LogP contribution is 2.24. The number of carbonyl (C=O) groups is 2. The number of nitrogens with zero attached hydrogens (tertiary/aromatic N) is 2. The molecule has 2 rings (SSSR count). The molecule has 148 valence electrons. The fourth-order valence-electron chi connectivity index (χ4n) is 3.11. The van der Waals surface area contributed by atoms with Gasteiger partial charge >= 0.3 is 6.09 Å². The highest BCUT2D eigenvalue weighted by molar-refractivity contribution is 5.96. The number of rotatable bonds is 4. The second kappa shape index (κ2) is 8.37. The SMILES string of the molecule is Cc1c(C(=O)N2CCC(CNC(=O)OC(C)(C)C)CC2)cccc1[N+](=O)[O-]. The molecule has 0 bridgehead atoms. The Balaban J connectivity index is 1.89. The average molecular weight is 377 g/mol. The van der Waals surface area contributed by atoms with Crippen molar-refractivity contribution in [3.8, 4) is 0 Å². The molecule has 0 aliphatic carbocycles. The smallest absolute Gasteiger partial charge is 0.407 e. The van der Waals surface area contributed by atoms with Crippen molar-refractivity contribution >= 4 is 17.7 Å². The van der Waals surface area contributed by atoms with Crippen LogP contribution in [0.2, 0.25) is 0 Å². The molecule has 2 amide bonds. The van der Waals surface area contributed by atoms with Crippen LogP contribution in [0, 0.1) is 23.0 Å². The Morgan fingerprint density at radius 3 is 2.48 bits per heavy atom. The topological polar surface area (TPSA) is 102 Å². The zero-order chi connectivity index (χ0) is 20.2. The third-order valence-electron chi connectivity index (χ3n) is 4.57. The minimum atomic E-state index is -0.532. The number of hydrogen-bond acceptors (Lipinski definition) is 5. The number of ether oxygens (including phenoxy) is 1. The molecule has 1 aromatic carbocycles. The normalized spacial score (nSPS) is 15.3. The molecule has 0 unspecified atom stereocenters. The third-order valence-corrected chi connectivity index (χ3v) is 4.57. The Labute approximate surface area is 159 Å². The number of likely N-dealkylation sites (tertiary alicyclic amines) is 1. The minimum absolute atomic E-state index is 0.0442. The van der Waals surface area contributed by atoms with Crippen molar-refractivity contribution in [2.75, 3.05) is 19.6 Å². The Hall–Kier alpha value is -2.64. The molecule has 1 aliphatic heterocycles. The number of carbonyl (C=O) groups excluding carboxylic acids is 2.